The second-order valence-electron chi connectivity index (χ2n) is 9.79. The largest absolute Gasteiger partial charge is 0.481 e. The van der Waals surface area contributed by atoms with Crippen LogP contribution in [0.15, 0.2) is 40.6 Å². The van der Waals surface area contributed by atoms with Crippen LogP contribution in [0, 0.1) is 19.3 Å². The van der Waals surface area contributed by atoms with Gasteiger partial charge in [-0.05, 0) is 71.0 Å². The molecule has 0 N–H and O–H groups in total. The Morgan fingerprint density at radius 2 is 1.88 bits per heavy atom. The lowest BCUT2D eigenvalue weighted by Gasteiger charge is -2.26. The van der Waals surface area contributed by atoms with Gasteiger partial charge < -0.3 is 19.1 Å². The summed E-state index contributed by atoms with van der Waals surface area (Å²) >= 11 is 0. The average molecular weight is 472 g/mol. The Morgan fingerprint density at radius 3 is 2.53 bits per heavy atom. The Morgan fingerprint density at radius 1 is 1.15 bits per heavy atom. The topological polar surface area (TPSA) is 56.2 Å². The quantitative estimate of drug-likeness (QED) is 0.297. The molecule has 1 aliphatic heterocycles. The Hall–Kier alpha value is -2.18. The zero-order valence-corrected chi connectivity index (χ0v) is 22.4. The van der Waals surface area contributed by atoms with Crippen LogP contribution in [0.25, 0.3) is 0 Å². The first-order valence-electron chi connectivity index (χ1n) is 12.4. The van der Waals surface area contributed by atoms with E-state index in [0.717, 1.165) is 70.0 Å². The molecule has 6 nitrogen and oxygen atoms in total. The SMILES string of the molecule is CN=C(OCC1(C)CCN(CCOC)C1)/C1=C(\C)CCC=CCC1.COc1ncc(C)cc1C. The van der Waals surface area contributed by atoms with E-state index < -0.39 is 0 Å². The lowest BCUT2D eigenvalue weighted by atomic mass is 9.91. The zero-order valence-electron chi connectivity index (χ0n) is 22.4. The number of pyridine rings is 1. The highest BCUT2D eigenvalue weighted by Gasteiger charge is 2.34. The van der Waals surface area contributed by atoms with Crippen molar-refractivity contribution >= 4 is 5.90 Å². The highest BCUT2D eigenvalue weighted by molar-refractivity contribution is 5.94. The summed E-state index contributed by atoms with van der Waals surface area (Å²) in [5.41, 5.74) is 5.21. The number of nitrogens with zero attached hydrogens (tertiary/aromatic N) is 3. The highest BCUT2D eigenvalue weighted by atomic mass is 16.5. The van der Waals surface area contributed by atoms with Crippen LogP contribution in [0.3, 0.4) is 0 Å². The second-order valence-corrected chi connectivity index (χ2v) is 9.79. The van der Waals surface area contributed by atoms with Crippen molar-refractivity contribution in [2.45, 2.75) is 59.8 Å². The van der Waals surface area contributed by atoms with E-state index in [1.54, 1.807) is 20.4 Å². The summed E-state index contributed by atoms with van der Waals surface area (Å²) in [7, 11) is 5.25. The van der Waals surface area contributed by atoms with E-state index >= 15 is 0 Å². The molecule has 1 saturated heterocycles. The van der Waals surface area contributed by atoms with Gasteiger partial charge in [-0.15, -0.1) is 0 Å². The lowest BCUT2D eigenvalue weighted by molar-refractivity contribution is 0.132. The number of ether oxygens (including phenoxy) is 3. The van der Waals surface area contributed by atoms with Crippen LogP contribution in [0.4, 0.5) is 0 Å². The molecule has 1 aromatic rings. The van der Waals surface area contributed by atoms with Crippen LogP contribution in [-0.4, -0.2) is 69.9 Å². The standard InChI is InChI=1S/C20H34N2O2.C8H11NO/c1-17-9-7-5-6-8-10-18(17)19(21-3)24-16-20(2)11-12-22(15-20)13-14-23-4;1-6-4-7(2)8(10-3)9-5-6/h5-6H,7-16H2,1-4H3;4-5H,1-3H3/b6-5?,18-17+,21-19?;. The minimum absolute atomic E-state index is 0.208. The molecule has 0 spiro atoms. The molecule has 1 aromatic heterocycles. The number of likely N-dealkylation sites (tertiary alicyclic amines) is 1. The highest BCUT2D eigenvalue weighted by Crippen LogP contribution is 2.31. The van der Waals surface area contributed by atoms with Crippen LogP contribution in [0.5, 0.6) is 5.88 Å². The smallest absolute Gasteiger partial charge is 0.215 e. The number of rotatable bonds is 7. The summed E-state index contributed by atoms with van der Waals surface area (Å²) in [5.74, 6) is 1.57. The van der Waals surface area contributed by atoms with Gasteiger partial charge in [0.25, 0.3) is 0 Å². The molecule has 1 aliphatic carbocycles. The Bertz CT molecular complexity index is 862. The van der Waals surface area contributed by atoms with Crippen molar-refractivity contribution in [1.82, 2.24) is 9.88 Å². The summed E-state index contributed by atoms with van der Waals surface area (Å²) < 4.78 is 16.4. The number of aliphatic imine (C=N–C) groups is 1. The molecule has 190 valence electrons. The van der Waals surface area contributed by atoms with Gasteiger partial charge >= 0.3 is 0 Å². The van der Waals surface area contributed by atoms with Gasteiger partial charge in [0.1, 0.15) is 0 Å². The molecule has 0 saturated carbocycles. The summed E-state index contributed by atoms with van der Waals surface area (Å²) in [6, 6.07) is 2.05. The van der Waals surface area contributed by atoms with Crippen LogP contribution < -0.4 is 4.74 Å². The van der Waals surface area contributed by atoms with Crippen LogP contribution >= 0.6 is 0 Å². The molecule has 1 unspecified atom stereocenters. The number of methoxy groups -OCH3 is 2. The van der Waals surface area contributed by atoms with E-state index in [4.69, 9.17) is 14.2 Å². The maximum atomic E-state index is 6.25. The summed E-state index contributed by atoms with van der Waals surface area (Å²) in [5, 5.41) is 0. The molecule has 0 radical (unpaired) electrons. The molecule has 2 aliphatic rings. The van der Waals surface area contributed by atoms with Crippen LogP contribution in [0.1, 0.15) is 57.1 Å². The number of hydrogen-bond acceptors (Lipinski definition) is 6. The summed E-state index contributed by atoms with van der Waals surface area (Å²) in [4.78, 5) is 11.0. The molecular weight excluding hydrogens is 426 g/mol. The lowest BCUT2D eigenvalue weighted by Crippen LogP contribution is -2.31. The van der Waals surface area contributed by atoms with Crippen LogP contribution in [-0.2, 0) is 9.47 Å². The maximum Gasteiger partial charge on any atom is 0.215 e. The molecule has 6 heteroatoms. The maximum absolute atomic E-state index is 6.25. The van der Waals surface area contributed by atoms with Gasteiger partial charge in [0.15, 0.2) is 0 Å². The summed E-state index contributed by atoms with van der Waals surface area (Å²) in [6.45, 7) is 13.3. The van der Waals surface area contributed by atoms with Crippen molar-refractivity contribution in [3.05, 3.63) is 46.7 Å². The van der Waals surface area contributed by atoms with Crippen molar-refractivity contribution in [2.24, 2.45) is 10.4 Å². The van der Waals surface area contributed by atoms with Gasteiger partial charge in [0.2, 0.25) is 11.8 Å². The van der Waals surface area contributed by atoms with Crippen LogP contribution in [0.2, 0.25) is 0 Å². The van der Waals surface area contributed by atoms with E-state index in [1.807, 2.05) is 27.0 Å². The Labute approximate surface area is 207 Å². The third-order valence-corrected chi connectivity index (χ3v) is 6.56. The van der Waals surface area contributed by atoms with E-state index in [9.17, 15) is 0 Å². The zero-order chi connectivity index (χ0) is 25.0. The van der Waals surface area contributed by atoms with Crippen molar-refractivity contribution in [1.29, 1.82) is 0 Å². The predicted octanol–water partition coefficient (Wildman–Crippen LogP) is 5.54. The number of aromatic nitrogens is 1. The third-order valence-electron chi connectivity index (χ3n) is 6.56. The molecule has 34 heavy (non-hydrogen) atoms. The molecule has 0 bridgehead atoms. The number of allylic oxidation sites excluding steroid dienone is 3. The Balaban J connectivity index is 0.000000340. The van der Waals surface area contributed by atoms with Crippen molar-refractivity contribution < 1.29 is 14.2 Å². The molecular formula is C28H45N3O3. The summed E-state index contributed by atoms with van der Waals surface area (Å²) in [6.07, 6.45) is 11.9. The molecule has 1 atom stereocenters. The fourth-order valence-corrected chi connectivity index (χ4v) is 4.52. The molecule has 0 aromatic carbocycles. The first-order valence-corrected chi connectivity index (χ1v) is 12.4. The average Bonchev–Trinajstić information content (AvgIpc) is 3.18. The number of hydrogen-bond donors (Lipinski definition) is 0. The first kappa shape index (κ1) is 28.1. The van der Waals surface area contributed by atoms with Gasteiger partial charge in [-0.1, -0.05) is 24.6 Å². The molecule has 3 rings (SSSR count). The number of aryl methyl sites for hydroxylation is 2. The minimum atomic E-state index is 0.208. The third kappa shape index (κ3) is 8.88. The van der Waals surface area contributed by atoms with E-state index in [-0.39, 0.29) is 5.41 Å². The second kappa shape index (κ2) is 14.3. The Kier molecular flexibility index (Phi) is 11.8. The fraction of sp³-hybridized carbons (Fsp3) is 0.643. The van der Waals surface area contributed by atoms with Crippen molar-refractivity contribution in [3.8, 4) is 5.88 Å². The van der Waals surface area contributed by atoms with Crippen molar-refractivity contribution in [3.63, 3.8) is 0 Å². The first-order chi connectivity index (χ1) is 16.3. The minimum Gasteiger partial charge on any atom is -0.481 e. The van der Waals surface area contributed by atoms with Gasteiger partial charge in [-0.3, -0.25) is 4.99 Å². The van der Waals surface area contributed by atoms with Gasteiger partial charge in [0, 0.05) is 50.0 Å². The molecule has 2 heterocycles. The van der Waals surface area contributed by atoms with Gasteiger partial charge in [0.05, 0.1) is 20.3 Å². The molecule has 1 fully saturated rings. The van der Waals surface area contributed by atoms with E-state index in [1.165, 1.54) is 23.1 Å². The normalized spacial score (nSPS) is 23.7. The fourth-order valence-electron chi connectivity index (χ4n) is 4.52. The monoisotopic (exact) mass is 471 g/mol. The predicted molar refractivity (Wildman–Crippen MR) is 141 cm³/mol. The van der Waals surface area contributed by atoms with Gasteiger partial charge in [-0.25, -0.2) is 4.98 Å². The molecule has 0 amide bonds. The van der Waals surface area contributed by atoms with Gasteiger partial charge in [-0.2, -0.15) is 0 Å². The van der Waals surface area contributed by atoms with Crippen molar-refractivity contribution in [2.75, 3.05) is 54.1 Å². The van der Waals surface area contributed by atoms with E-state index in [2.05, 4.69) is 40.9 Å². The van der Waals surface area contributed by atoms with E-state index in [0.29, 0.717) is 5.88 Å².